The molecule has 0 aliphatic heterocycles. The molecule has 23 heavy (non-hydrogen) atoms. The first-order chi connectivity index (χ1) is 11.3. The molecule has 0 spiro atoms. The second-order valence-corrected chi connectivity index (χ2v) is 5.83. The second kappa shape index (κ2) is 5.88. The molecular weight excluding hydrogens is 312 g/mol. The molecule has 0 atom stereocenters. The Balaban J connectivity index is 1.55. The van der Waals surface area contributed by atoms with Crippen molar-refractivity contribution in [3.63, 3.8) is 0 Å². The fourth-order valence-corrected chi connectivity index (χ4v) is 3.13. The molecule has 3 aromatic heterocycles. The molecule has 0 amide bonds. The van der Waals surface area contributed by atoms with Crippen LogP contribution in [0.25, 0.3) is 22.4 Å². The summed E-state index contributed by atoms with van der Waals surface area (Å²) in [6.45, 7) is 2.82. The van der Waals surface area contributed by atoms with Crippen molar-refractivity contribution >= 4 is 22.7 Å². The van der Waals surface area contributed by atoms with Crippen molar-refractivity contribution < 1.29 is 4.42 Å². The Bertz CT molecular complexity index is 940. The Hall–Kier alpha value is -2.61. The van der Waals surface area contributed by atoms with Gasteiger partial charge in [0.25, 0.3) is 11.1 Å². The lowest BCUT2D eigenvalue weighted by atomic mass is 10.2. The lowest BCUT2D eigenvalue weighted by molar-refractivity contribution is 0.466. The molecule has 0 saturated heterocycles. The molecule has 4 aromatic rings. The maximum Gasteiger partial charge on any atom is 0.277 e. The number of aromatic nitrogens is 6. The van der Waals surface area contributed by atoms with E-state index in [-0.39, 0.29) is 0 Å². The van der Waals surface area contributed by atoms with E-state index in [1.165, 1.54) is 11.8 Å². The number of H-pyrrole nitrogens is 1. The van der Waals surface area contributed by atoms with Crippen LogP contribution < -0.4 is 0 Å². The third kappa shape index (κ3) is 2.61. The number of fused-ring (bicyclic) bond motifs is 1. The third-order valence-electron chi connectivity index (χ3n) is 3.55. The SMILES string of the molecule is CCn1ncnc1CSc1nnc(-c2c[nH]c3ccccc23)o1. The fourth-order valence-electron chi connectivity index (χ4n) is 2.42. The van der Waals surface area contributed by atoms with Gasteiger partial charge in [-0.1, -0.05) is 30.0 Å². The van der Waals surface area contributed by atoms with Crippen molar-refractivity contribution in [1.82, 2.24) is 29.9 Å². The Labute approximate surface area is 136 Å². The van der Waals surface area contributed by atoms with Gasteiger partial charge in [-0.2, -0.15) is 5.10 Å². The largest absolute Gasteiger partial charge is 0.411 e. The van der Waals surface area contributed by atoms with Crippen LogP contribution in [0.1, 0.15) is 12.7 Å². The van der Waals surface area contributed by atoms with Crippen LogP contribution in [0.15, 0.2) is 46.4 Å². The molecule has 8 heteroatoms. The average molecular weight is 326 g/mol. The van der Waals surface area contributed by atoms with Crippen molar-refractivity contribution in [1.29, 1.82) is 0 Å². The van der Waals surface area contributed by atoms with Crippen LogP contribution in [-0.4, -0.2) is 29.9 Å². The first kappa shape index (κ1) is 14.0. The number of benzene rings is 1. The summed E-state index contributed by atoms with van der Waals surface area (Å²) in [4.78, 5) is 7.45. The predicted molar refractivity (Wildman–Crippen MR) is 86.8 cm³/mol. The van der Waals surface area contributed by atoms with Gasteiger partial charge < -0.3 is 9.40 Å². The molecule has 1 N–H and O–H groups in total. The zero-order valence-corrected chi connectivity index (χ0v) is 13.2. The second-order valence-electron chi connectivity index (χ2n) is 4.90. The van der Waals surface area contributed by atoms with Crippen LogP contribution in [0.5, 0.6) is 0 Å². The molecule has 0 unspecified atom stereocenters. The first-order valence-corrected chi connectivity index (χ1v) is 8.23. The van der Waals surface area contributed by atoms with Crippen LogP contribution in [0.3, 0.4) is 0 Å². The molecular formula is C15H14N6OS. The van der Waals surface area contributed by atoms with Gasteiger partial charge in [0.1, 0.15) is 12.2 Å². The Morgan fingerprint density at radius 1 is 1.26 bits per heavy atom. The summed E-state index contributed by atoms with van der Waals surface area (Å²) < 4.78 is 7.62. The highest BCUT2D eigenvalue weighted by atomic mass is 32.2. The number of nitrogens with one attached hydrogen (secondary N) is 1. The van der Waals surface area contributed by atoms with E-state index in [0.29, 0.717) is 16.9 Å². The summed E-state index contributed by atoms with van der Waals surface area (Å²) in [5, 5.41) is 14.0. The zero-order chi connectivity index (χ0) is 15.6. The summed E-state index contributed by atoms with van der Waals surface area (Å²) in [5.74, 6) is 2.05. The quantitative estimate of drug-likeness (QED) is 0.567. The number of aromatic amines is 1. The molecule has 7 nitrogen and oxygen atoms in total. The Morgan fingerprint density at radius 3 is 3.09 bits per heavy atom. The molecule has 4 rings (SSSR count). The summed E-state index contributed by atoms with van der Waals surface area (Å²) in [6, 6.07) is 8.02. The van der Waals surface area contributed by atoms with E-state index in [4.69, 9.17) is 4.42 Å². The van der Waals surface area contributed by atoms with E-state index >= 15 is 0 Å². The van der Waals surface area contributed by atoms with E-state index in [0.717, 1.165) is 28.8 Å². The van der Waals surface area contributed by atoms with Gasteiger partial charge in [-0.25, -0.2) is 9.67 Å². The maximum atomic E-state index is 5.77. The van der Waals surface area contributed by atoms with Gasteiger partial charge in [-0.3, -0.25) is 0 Å². The van der Waals surface area contributed by atoms with E-state index in [2.05, 4.69) is 25.3 Å². The van der Waals surface area contributed by atoms with Gasteiger partial charge in [-0.05, 0) is 13.0 Å². The van der Waals surface area contributed by atoms with Crippen LogP contribution >= 0.6 is 11.8 Å². The maximum absolute atomic E-state index is 5.77. The number of nitrogens with zero attached hydrogens (tertiary/aromatic N) is 5. The van der Waals surface area contributed by atoms with Gasteiger partial charge in [0, 0.05) is 23.6 Å². The summed E-state index contributed by atoms with van der Waals surface area (Å²) >= 11 is 1.46. The topological polar surface area (TPSA) is 85.4 Å². The first-order valence-electron chi connectivity index (χ1n) is 7.24. The zero-order valence-electron chi connectivity index (χ0n) is 12.4. The van der Waals surface area contributed by atoms with Gasteiger partial charge in [0.15, 0.2) is 0 Å². The minimum Gasteiger partial charge on any atom is -0.411 e. The number of rotatable bonds is 5. The van der Waals surface area contributed by atoms with E-state index in [1.54, 1.807) is 6.33 Å². The predicted octanol–water partition coefficient (Wildman–Crippen LogP) is 3.12. The lowest BCUT2D eigenvalue weighted by Crippen LogP contribution is -2.01. The minimum absolute atomic E-state index is 0.516. The highest BCUT2D eigenvalue weighted by Gasteiger charge is 2.14. The number of hydrogen-bond donors (Lipinski definition) is 1. The summed E-state index contributed by atoms with van der Waals surface area (Å²) in [5.41, 5.74) is 1.96. The Kier molecular flexibility index (Phi) is 3.58. The van der Waals surface area contributed by atoms with Crippen LogP contribution in [-0.2, 0) is 12.3 Å². The number of thioether (sulfide) groups is 1. The van der Waals surface area contributed by atoms with Crippen LogP contribution in [0.4, 0.5) is 0 Å². The fraction of sp³-hybridized carbons (Fsp3) is 0.200. The highest BCUT2D eigenvalue weighted by Crippen LogP contribution is 2.30. The van der Waals surface area contributed by atoms with E-state index < -0.39 is 0 Å². The van der Waals surface area contributed by atoms with Gasteiger partial charge in [-0.15, -0.1) is 10.2 Å². The van der Waals surface area contributed by atoms with E-state index in [1.807, 2.05) is 42.1 Å². The lowest BCUT2D eigenvalue weighted by Gasteiger charge is -1.99. The molecule has 116 valence electrons. The van der Waals surface area contributed by atoms with Crippen molar-refractivity contribution in [2.75, 3.05) is 0 Å². The standard InChI is InChI=1S/C15H14N6OS/c1-2-21-13(17-9-18-21)8-23-15-20-19-14(22-15)11-7-16-12-6-4-3-5-10(11)12/h3-7,9,16H,2,8H2,1H3. The van der Waals surface area contributed by atoms with Crippen molar-refractivity contribution in [2.24, 2.45) is 0 Å². The number of hydrogen-bond acceptors (Lipinski definition) is 6. The number of aryl methyl sites for hydroxylation is 1. The monoisotopic (exact) mass is 326 g/mol. The van der Waals surface area contributed by atoms with Crippen molar-refractivity contribution in [2.45, 2.75) is 24.4 Å². The molecule has 1 aromatic carbocycles. The number of para-hydroxylation sites is 1. The molecule has 0 aliphatic carbocycles. The molecule has 0 fully saturated rings. The minimum atomic E-state index is 0.516. The normalized spacial score (nSPS) is 11.3. The molecule has 0 bridgehead atoms. The molecule has 0 aliphatic rings. The Morgan fingerprint density at radius 2 is 2.17 bits per heavy atom. The van der Waals surface area contributed by atoms with Crippen molar-refractivity contribution in [3.8, 4) is 11.5 Å². The van der Waals surface area contributed by atoms with Crippen LogP contribution in [0, 0.1) is 0 Å². The van der Waals surface area contributed by atoms with Crippen molar-refractivity contribution in [3.05, 3.63) is 42.6 Å². The smallest absolute Gasteiger partial charge is 0.277 e. The van der Waals surface area contributed by atoms with Gasteiger partial charge >= 0.3 is 0 Å². The summed E-state index contributed by atoms with van der Waals surface area (Å²) in [6.07, 6.45) is 3.45. The highest BCUT2D eigenvalue weighted by molar-refractivity contribution is 7.98. The third-order valence-corrected chi connectivity index (χ3v) is 4.36. The van der Waals surface area contributed by atoms with Gasteiger partial charge in [0.2, 0.25) is 0 Å². The average Bonchev–Trinajstić information content (AvgIpc) is 3.31. The molecule has 3 heterocycles. The molecule has 0 saturated carbocycles. The van der Waals surface area contributed by atoms with Gasteiger partial charge in [0.05, 0.1) is 11.3 Å². The summed E-state index contributed by atoms with van der Waals surface area (Å²) in [7, 11) is 0. The van der Waals surface area contributed by atoms with E-state index in [9.17, 15) is 0 Å². The molecule has 0 radical (unpaired) electrons. The van der Waals surface area contributed by atoms with Crippen LogP contribution in [0.2, 0.25) is 0 Å².